The molecule has 0 aliphatic rings. The fraction of sp³-hybridized carbons (Fsp3) is 0.182. The Morgan fingerprint density at radius 1 is 1.00 bits per heavy atom. The SMILES string of the molecule is Cl.Cl.Cl.NCCCn1ccc2ncnc(Nc3ccc(Oc4cccc(OC(F)(F)F)c4)c(Cl)c3)c21. The van der Waals surface area contributed by atoms with Gasteiger partial charge in [-0.25, -0.2) is 9.97 Å². The molecule has 0 saturated carbocycles. The average Bonchev–Trinajstić information content (AvgIpc) is 3.17. The van der Waals surface area contributed by atoms with Gasteiger partial charge in [0, 0.05) is 24.5 Å². The van der Waals surface area contributed by atoms with Crippen LogP contribution >= 0.6 is 48.8 Å². The van der Waals surface area contributed by atoms with Crippen molar-refractivity contribution < 1.29 is 22.6 Å². The molecule has 0 amide bonds. The van der Waals surface area contributed by atoms with Crippen LogP contribution in [-0.2, 0) is 6.54 Å². The number of fused-ring (bicyclic) bond motifs is 1. The zero-order chi connectivity index (χ0) is 23.4. The van der Waals surface area contributed by atoms with Crippen molar-refractivity contribution in [3.8, 4) is 17.2 Å². The maximum atomic E-state index is 12.4. The number of aromatic nitrogens is 3. The Kier molecular flexibility index (Phi) is 11.9. The maximum absolute atomic E-state index is 12.4. The van der Waals surface area contributed by atoms with Crippen molar-refractivity contribution in [2.45, 2.75) is 19.3 Å². The topological polar surface area (TPSA) is 87.2 Å². The second kappa shape index (κ2) is 13.6. The van der Waals surface area contributed by atoms with Crippen LogP contribution in [0.1, 0.15) is 6.42 Å². The molecule has 0 atom stereocenters. The van der Waals surface area contributed by atoms with Crippen LogP contribution in [-0.4, -0.2) is 27.4 Å². The van der Waals surface area contributed by atoms with Gasteiger partial charge in [-0.2, -0.15) is 0 Å². The molecule has 2 aromatic carbocycles. The molecule has 14 heteroatoms. The number of aryl methyl sites for hydroxylation is 1. The summed E-state index contributed by atoms with van der Waals surface area (Å²) in [5.41, 5.74) is 7.90. The highest BCUT2D eigenvalue weighted by atomic mass is 35.5. The molecule has 0 aliphatic carbocycles. The molecular formula is C22H22Cl4F3N5O2. The molecule has 7 nitrogen and oxygen atoms in total. The zero-order valence-electron chi connectivity index (χ0n) is 18.4. The Balaban J connectivity index is 0.00000216. The maximum Gasteiger partial charge on any atom is 0.573 e. The van der Waals surface area contributed by atoms with E-state index in [-0.39, 0.29) is 59.5 Å². The van der Waals surface area contributed by atoms with Crippen LogP contribution in [0.4, 0.5) is 24.7 Å². The average molecular weight is 587 g/mol. The lowest BCUT2D eigenvalue weighted by Crippen LogP contribution is -2.17. The molecule has 2 heterocycles. The molecule has 36 heavy (non-hydrogen) atoms. The second-order valence-electron chi connectivity index (χ2n) is 7.00. The first kappa shape index (κ1) is 31.4. The van der Waals surface area contributed by atoms with Gasteiger partial charge in [0.05, 0.1) is 10.5 Å². The predicted molar refractivity (Wildman–Crippen MR) is 141 cm³/mol. The summed E-state index contributed by atoms with van der Waals surface area (Å²) in [7, 11) is 0. The molecule has 2 aromatic heterocycles. The number of halogens is 7. The smallest absolute Gasteiger partial charge is 0.456 e. The van der Waals surface area contributed by atoms with Crippen LogP contribution in [0.2, 0.25) is 5.02 Å². The fourth-order valence-corrected chi connectivity index (χ4v) is 3.45. The van der Waals surface area contributed by atoms with E-state index in [1.165, 1.54) is 24.5 Å². The minimum absolute atomic E-state index is 0. The molecule has 0 aliphatic heterocycles. The fourth-order valence-electron chi connectivity index (χ4n) is 3.23. The van der Waals surface area contributed by atoms with E-state index in [1.807, 2.05) is 16.8 Å². The number of nitrogens with one attached hydrogen (secondary N) is 1. The molecule has 0 saturated heterocycles. The highest BCUT2D eigenvalue weighted by Gasteiger charge is 2.31. The Morgan fingerprint density at radius 2 is 1.75 bits per heavy atom. The van der Waals surface area contributed by atoms with E-state index in [0.717, 1.165) is 30.1 Å². The van der Waals surface area contributed by atoms with Crippen molar-refractivity contribution in [3.63, 3.8) is 0 Å². The van der Waals surface area contributed by atoms with Gasteiger partial charge in [0.15, 0.2) is 5.82 Å². The Morgan fingerprint density at radius 3 is 2.44 bits per heavy atom. The zero-order valence-corrected chi connectivity index (χ0v) is 21.6. The van der Waals surface area contributed by atoms with Gasteiger partial charge in [0.2, 0.25) is 0 Å². The van der Waals surface area contributed by atoms with Gasteiger partial charge in [-0.05, 0) is 49.4 Å². The second-order valence-corrected chi connectivity index (χ2v) is 7.41. The van der Waals surface area contributed by atoms with Crippen LogP contribution in [0.3, 0.4) is 0 Å². The standard InChI is InChI=1S/C22H19ClF3N5O2.3ClH/c23-17-11-14(30-21-20-18(28-13-29-21)7-10-31(20)9-2-8-27)5-6-19(17)32-15-3-1-4-16(12-15)33-22(24,25)26;;;/h1,3-7,10-13H,2,8-9,27H2,(H,28,29,30);3*1H. The highest BCUT2D eigenvalue weighted by molar-refractivity contribution is 6.32. The summed E-state index contributed by atoms with van der Waals surface area (Å²) in [4.78, 5) is 8.64. The highest BCUT2D eigenvalue weighted by Crippen LogP contribution is 2.35. The molecule has 0 radical (unpaired) electrons. The van der Waals surface area contributed by atoms with Gasteiger partial charge in [-0.3, -0.25) is 0 Å². The van der Waals surface area contributed by atoms with Gasteiger partial charge in [0.25, 0.3) is 0 Å². The van der Waals surface area contributed by atoms with Crippen molar-refractivity contribution >= 4 is 71.4 Å². The number of hydrogen-bond donors (Lipinski definition) is 2. The van der Waals surface area contributed by atoms with Gasteiger partial charge < -0.3 is 25.1 Å². The molecular weight excluding hydrogens is 565 g/mol. The quantitative estimate of drug-likeness (QED) is 0.228. The Bertz CT molecular complexity index is 1270. The van der Waals surface area contributed by atoms with Crippen molar-refractivity contribution in [1.29, 1.82) is 0 Å². The lowest BCUT2D eigenvalue weighted by atomic mass is 10.2. The summed E-state index contributed by atoms with van der Waals surface area (Å²) >= 11 is 6.36. The normalized spacial score (nSPS) is 10.6. The minimum atomic E-state index is -4.79. The van der Waals surface area contributed by atoms with Crippen LogP contribution in [0.5, 0.6) is 17.2 Å². The molecule has 4 aromatic rings. The molecule has 4 rings (SSSR count). The number of benzene rings is 2. The summed E-state index contributed by atoms with van der Waals surface area (Å²) < 4.78 is 48.9. The lowest BCUT2D eigenvalue weighted by Gasteiger charge is -2.13. The third-order valence-electron chi connectivity index (χ3n) is 4.61. The van der Waals surface area contributed by atoms with Crippen molar-refractivity contribution in [2.75, 3.05) is 11.9 Å². The minimum Gasteiger partial charge on any atom is -0.456 e. The van der Waals surface area contributed by atoms with Crippen molar-refractivity contribution in [3.05, 3.63) is 66.1 Å². The number of nitrogens with two attached hydrogens (primary N) is 1. The third-order valence-corrected chi connectivity index (χ3v) is 4.91. The van der Waals surface area contributed by atoms with Crippen LogP contribution in [0.25, 0.3) is 11.0 Å². The lowest BCUT2D eigenvalue weighted by molar-refractivity contribution is -0.274. The first-order valence-electron chi connectivity index (χ1n) is 9.92. The number of alkyl halides is 3. The number of ether oxygens (including phenoxy) is 2. The van der Waals surface area contributed by atoms with E-state index in [2.05, 4.69) is 20.0 Å². The molecule has 0 fully saturated rings. The van der Waals surface area contributed by atoms with E-state index in [1.54, 1.807) is 18.2 Å². The summed E-state index contributed by atoms with van der Waals surface area (Å²) in [6.07, 6.45) is -0.584. The largest absolute Gasteiger partial charge is 0.573 e. The van der Waals surface area contributed by atoms with Crippen molar-refractivity contribution in [2.24, 2.45) is 5.73 Å². The van der Waals surface area contributed by atoms with E-state index in [0.29, 0.717) is 18.1 Å². The first-order chi connectivity index (χ1) is 15.8. The Hall–Kier alpha value is -2.63. The van der Waals surface area contributed by atoms with Gasteiger partial charge >= 0.3 is 6.36 Å². The molecule has 0 spiro atoms. The van der Waals surface area contributed by atoms with Gasteiger partial charge in [-0.15, -0.1) is 50.4 Å². The van der Waals surface area contributed by atoms with E-state index >= 15 is 0 Å². The number of rotatable bonds is 8. The molecule has 0 unspecified atom stereocenters. The van der Waals surface area contributed by atoms with Gasteiger partial charge in [-0.1, -0.05) is 17.7 Å². The predicted octanol–water partition coefficient (Wildman–Crippen LogP) is 7.13. The summed E-state index contributed by atoms with van der Waals surface area (Å²) in [6.45, 7) is 1.30. The van der Waals surface area contributed by atoms with E-state index in [4.69, 9.17) is 22.1 Å². The Labute approximate surface area is 228 Å². The van der Waals surface area contributed by atoms with Crippen molar-refractivity contribution in [1.82, 2.24) is 14.5 Å². The van der Waals surface area contributed by atoms with Crippen LogP contribution < -0.4 is 20.5 Å². The van der Waals surface area contributed by atoms with E-state index < -0.39 is 6.36 Å². The summed E-state index contributed by atoms with van der Waals surface area (Å²) in [5.74, 6) is 0.628. The van der Waals surface area contributed by atoms with Crippen LogP contribution in [0, 0.1) is 0 Å². The van der Waals surface area contributed by atoms with Crippen LogP contribution in [0.15, 0.2) is 61.1 Å². The number of nitrogens with zero attached hydrogens (tertiary/aromatic N) is 3. The molecule has 0 bridgehead atoms. The molecule has 3 N–H and O–H groups in total. The third kappa shape index (κ3) is 7.94. The number of hydrogen-bond acceptors (Lipinski definition) is 6. The first-order valence-corrected chi connectivity index (χ1v) is 10.3. The number of anilines is 2. The molecule has 196 valence electrons. The van der Waals surface area contributed by atoms with E-state index in [9.17, 15) is 13.2 Å². The summed E-state index contributed by atoms with van der Waals surface area (Å²) in [5, 5.41) is 3.48. The summed E-state index contributed by atoms with van der Waals surface area (Å²) in [6, 6.07) is 12.1. The monoisotopic (exact) mass is 585 g/mol. The van der Waals surface area contributed by atoms with Gasteiger partial charge in [0.1, 0.15) is 29.1 Å².